The van der Waals surface area contributed by atoms with Gasteiger partial charge in [0.1, 0.15) is 23.4 Å². The van der Waals surface area contributed by atoms with Crippen LogP contribution in [-0.4, -0.2) is 56.7 Å². The van der Waals surface area contributed by atoms with E-state index in [1.165, 1.54) is 6.33 Å². The van der Waals surface area contributed by atoms with Gasteiger partial charge in [-0.3, -0.25) is 0 Å². The van der Waals surface area contributed by atoms with Gasteiger partial charge in [-0.1, -0.05) is 0 Å². The maximum atomic E-state index is 13.4. The van der Waals surface area contributed by atoms with Gasteiger partial charge in [-0.25, -0.2) is 14.8 Å². The van der Waals surface area contributed by atoms with Crippen LogP contribution in [0.3, 0.4) is 0 Å². The van der Waals surface area contributed by atoms with E-state index in [-0.39, 0.29) is 28.9 Å². The van der Waals surface area contributed by atoms with Gasteiger partial charge >= 0.3 is 12.3 Å². The van der Waals surface area contributed by atoms with Gasteiger partial charge in [-0.15, -0.1) is 0 Å². The lowest BCUT2D eigenvalue weighted by Crippen LogP contribution is -2.59. The molecule has 1 N–H and O–H groups in total. The number of anilines is 1. The summed E-state index contributed by atoms with van der Waals surface area (Å²) in [5, 5.41) is -0.0558. The summed E-state index contributed by atoms with van der Waals surface area (Å²) in [6.45, 7) is 9.69. The topological polar surface area (TPSA) is 74.4 Å². The summed E-state index contributed by atoms with van der Waals surface area (Å²) < 4.78 is 45.7. The van der Waals surface area contributed by atoms with Gasteiger partial charge in [0, 0.05) is 31.4 Å². The summed E-state index contributed by atoms with van der Waals surface area (Å²) in [7, 11) is 0. The number of rotatable bonds is 1. The predicted molar refractivity (Wildman–Crippen MR) is 98.1 cm³/mol. The Balaban J connectivity index is 1.92. The molecule has 3 heterocycles. The number of H-pyrrole nitrogens is 1. The third-order valence-corrected chi connectivity index (χ3v) is 4.64. The second-order valence-corrected chi connectivity index (χ2v) is 8.10. The van der Waals surface area contributed by atoms with Crippen LogP contribution in [0.15, 0.2) is 12.5 Å². The van der Waals surface area contributed by atoms with Gasteiger partial charge in [-0.05, 0) is 34.6 Å². The fourth-order valence-corrected chi connectivity index (χ4v) is 3.38. The molecule has 2 aromatic rings. The van der Waals surface area contributed by atoms with Crippen molar-refractivity contribution in [3.05, 3.63) is 18.1 Å². The number of ether oxygens (including phenoxy) is 1. The van der Waals surface area contributed by atoms with Crippen molar-refractivity contribution in [1.29, 1.82) is 0 Å². The summed E-state index contributed by atoms with van der Waals surface area (Å²) in [6.07, 6.45) is -2.80. The molecule has 3 rings (SSSR count). The van der Waals surface area contributed by atoms with E-state index in [4.69, 9.17) is 4.74 Å². The Bertz CT molecular complexity index is 874. The molecule has 1 aliphatic heterocycles. The van der Waals surface area contributed by atoms with Crippen molar-refractivity contribution in [2.24, 2.45) is 0 Å². The number of amides is 1. The van der Waals surface area contributed by atoms with Gasteiger partial charge in [0.05, 0.1) is 10.9 Å². The molecule has 10 heteroatoms. The number of carbonyl (C=O) groups excluding carboxylic acids is 1. The number of carbonyl (C=O) groups is 1. The normalized spacial score (nSPS) is 21.3. The number of aromatic nitrogens is 3. The van der Waals surface area contributed by atoms with E-state index in [9.17, 15) is 18.0 Å². The molecule has 2 unspecified atom stereocenters. The smallest absolute Gasteiger partial charge is 0.418 e. The average molecular weight is 399 g/mol. The largest absolute Gasteiger partial charge is 0.444 e. The van der Waals surface area contributed by atoms with Gasteiger partial charge in [0.15, 0.2) is 0 Å². The number of hydrogen-bond acceptors (Lipinski definition) is 5. The number of alkyl halides is 3. The minimum absolute atomic E-state index is 0.0558. The molecule has 0 radical (unpaired) electrons. The zero-order chi connectivity index (χ0) is 20.9. The highest BCUT2D eigenvalue weighted by atomic mass is 19.4. The zero-order valence-corrected chi connectivity index (χ0v) is 16.5. The van der Waals surface area contributed by atoms with Crippen molar-refractivity contribution in [2.45, 2.75) is 58.5 Å². The summed E-state index contributed by atoms with van der Waals surface area (Å²) in [6, 6.07) is -0.512. The molecule has 1 fully saturated rings. The Kier molecular flexibility index (Phi) is 4.93. The summed E-state index contributed by atoms with van der Waals surface area (Å²) >= 11 is 0. The third-order valence-electron chi connectivity index (χ3n) is 4.64. The highest BCUT2D eigenvalue weighted by molar-refractivity contribution is 5.91. The fourth-order valence-electron chi connectivity index (χ4n) is 3.38. The van der Waals surface area contributed by atoms with Crippen molar-refractivity contribution in [3.63, 3.8) is 0 Å². The number of nitrogens with one attached hydrogen (secondary N) is 1. The maximum absolute atomic E-state index is 13.4. The Morgan fingerprint density at radius 2 is 1.86 bits per heavy atom. The van der Waals surface area contributed by atoms with Gasteiger partial charge in [0.2, 0.25) is 0 Å². The maximum Gasteiger partial charge on any atom is 0.418 e. The summed E-state index contributed by atoms with van der Waals surface area (Å²) in [5.74, 6) is 0.210. The van der Waals surface area contributed by atoms with Crippen LogP contribution in [0, 0.1) is 0 Å². The molecule has 28 heavy (non-hydrogen) atoms. The lowest BCUT2D eigenvalue weighted by Gasteiger charge is -2.44. The minimum Gasteiger partial charge on any atom is -0.444 e. The second kappa shape index (κ2) is 6.82. The zero-order valence-electron chi connectivity index (χ0n) is 16.5. The highest BCUT2D eigenvalue weighted by Crippen LogP contribution is 2.39. The van der Waals surface area contributed by atoms with Crippen LogP contribution in [0.2, 0.25) is 0 Å². The third kappa shape index (κ3) is 3.85. The lowest BCUT2D eigenvalue weighted by molar-refractivity contribution is -0.136. The number of hydrogen-bond donors (Lipinski definition) is 1. The van der Waals surface area contributed by atoms with E-state index in [2.05, 4.69) is 15.0 Å². The van der Waals surface area contributed by atoms with Crippen LogP contribution in [0.25, 0.3) is 11.0 Å². The summed E-state index contributed by atoms with van der Waals surface area (Å²) in [4.78, 5) is 26.5. The first-order valence-electron chi connectivity index (χ1n) is 9.04. The fraction of sp³-hybridized carbons (Fsp3) is 0.611. The first-order valence-corrected chi connectivity index (χ1v) is 9.04. The Morgan fingerprint density at radius 3 is 2.46 bits per heavy atom. The van der Waals surface area contributed by atoms with Crippen LogP contribution >= 0.6 is 0 Å². The molecule has 154 valence electrons. The standard InChI is InChI=1S/C18H24F3N5O2/c1-10-8-26(16(27)28-17(3,4)5)11(2)7-25(10)15-13-12(18(19,20)21)6-22-14(13)23-9-24-15/h6,9-11H,7-8H2,1-5H3,(H,22,23,24). The van der Waals surface area contributed by atoms with Crippen molar-refractivity contribution in [2.75, 3.05) is 18.0 Å². The average Bonchev–Trinajstić information content (AvgIpc) is 2.99. The molecular weight excluding hydrogens is 375 g/mol. The lowest BCUT2D eigenvalue weighted by atomic mass is 10.1. The van der Waals surface area contributed by atoms with Crippen LogP contribution in [0.5, 0.6) is 0 Å². The molecule has 0 bridgehead atoms. The van der Waals surface area contributed by atoms with Crippen molar-refractivity contribution in [3.8, 4) is 0 Å². The van der Waals surface area contributed by atoms with Crippen molar-refractivity contribution in [1.82, 2.24) is 19.9 Å². The van der Waals surface area contributed by atoms with Crippen LogP contribution in [0.1, 0.15) is 40.2 Å². The number of fused-ring (bicyclic) bond motifs is 1. The molecule has 1 saturated heterocycles. The Hall–Kier alpha value is -2.52. The van der Waals surface area contributed by atoms with Crippen LogP contribution < -0.4 is 4.90 Å². The van der Waals surface area contributed by atoms with Crippen molar-refractivity contribution < 1.29 is 22.7 Å². The van der Waals surface area contributed by atoms with Gasteiger partial charge in [-0.2, -0.15) is 13.2 Å². The molecule has 0 spiro atoms. The first kappa shape index (κ1) is 20.2. The molecular formula is C18H24F3N5O2. The molecule has 0 aromatic carbocycles. The van der Waals surface area contributed by atoms with E-state index >= 15 is 0 Å². The van der Waals surface area contributed by atoms with E-state index in [1.807, 2.05) is 13.8 Å². The van der Waals surface area contributed by atoms with Crippen LogP contribution in [0.4, 0.5) is 23.8 Å². The van der Waals surface area contributed by atoms with Crippen molar-refractivity contribution >= 4 is 22.9 Å². The molecule has 7 nitrogen and oxygen atoms in total. The second-order valence-electron chi connectivity index (χ2n) is 8.10. The Labute approximate surface area is 160 Å². The van der Waals surface area contributed by atoms with Gasteiger partial charge in [0.25, 0.3) is 0 Å². The molecule has 2 atom stereocenters. The number of piperazine rings is 1. The molecule has 1 amide bonds. The summed E-state index contributed by atoms with van der Waals surface area (Å²) in [5.41, 5.74) is -1.29. The van der Waals surface area contributed by atoms with E-state index in [0.717, 1.165) is 6.20 Å². The molecule has 2 aromatic heterocycles. The Morgan fingerprint density at radius 1 is 1.18 bits per heavy atom. The number of halogens is 3. The molecule has 1 aliphatic rings. The molecule has 0 saturated carbocycles. The van der Waals surface area contributed by atoms with E-state index < -0.39 is 23.4 Å². The van der Waals surface area contributed by atoms with E-state index in [1.54, 1.807) is 30.6 Å². The number of nitrogens with zero attached hydrogens (tertiary/aromatic N) is 4. The number of aromatic amines is 1. The van der Waals surface area contributed by atoms with E-state index in [0.29, 0.717) is 13.1 Å². The minimum atomic E-state index is -4.52. The highest BCUT2D eigenvalue weighted by Gasteiger charge is 2.39. The van der Waals surface area contributed by atoms with Gasteiger partial charge < -0.3 is 19.5 Å². The predicted octanol–water partition coefficient (Wildman–Crippen LogP) is 3.81. The monoisotopic (exact) mass is 399 g/mol. The van der Waals surface area contributed by atoms with Crippen LogP contribution in [-0.2, 0) is 10.9 Å². The first-order chi connectivity index (χ1) is 12.9. The SMILES string of the molecule is CC1CN(c2ncnc3[nH]cc(C(F)(F)F)c23)C(C)CN1C(=O)OC(C)(C)C. The molecule has 0 aliphatic carbocycles. The quantitative estimate of drug-likeness (QED) is 0.789.